The van der Waals surface area contributed by atoms with E-state index in [0.717, 1.165) is 0 Å². The Labute approximate surface area is 89.7 Å². The molecule has 1 aromatic rings. The van der Waals surface area contributed by atoms with Crippen molar-refractivity contribution in [1.82, 2.24) is 4.98 Å². The first-order chi connectivity index (χ1) is 7.34. The first kappa shape index (κ1) is 12.4. The molecule has 1 aromatic heterocycles. The molecule has 0 atom stereocenters. The molecule has 16 heavy (non-hydrogen) atoms. The normalized spacial score (nSPS) is 11.3. The summed E-state index contributed by atoms with van der Waals surface area (Å²) in [5.74, 6) is -0.752. The van der Waals surface area contributed by atoms with E-state index in [-0.39, 0.29) is 17.9 Å². The van der Waals surface area contributed by atoms with Gasteiger partial charge in [0.25, 0.3) is 0 Å². The Bertz CT molecular complexity index is 403. The number of amides is 1. The fourth-order valence-corrected chi connectivity index (χ4v) is 1.08. The molecule has 0 aromatic carbocycles. The van der Waals surface area contributed by atoms with Crippen LogP contribution in [0.2, 0.25) is 0 Å². The number of alkyl halides is 3. The Hall–Kier alpha value is -1.63. The lowest BCUT2D eigenvalue weighted by Gasteiger charge is -2.11. The summed E-state index contributed by atoms with van der Waals surface area (Å²) in [6.07, 6.45) is -4.53. The maximum atomic E-state index is 12.4. The van der Waals surface area contributed by atoms with E-state index in [4.69, 9.17) is 5.73 Å². The highest BCUT2D eigenvalue weighted by Gasteiger charge is 2.34. The summed E-state index contributed by atoms with van der Waals surface area (Å²) in [6, 6.07) is 2.53. The maximum absolute atomic E-state index is 12.4. The molecular weight excluding hydrogens is 223 g/mol. The molecule has 4 nitrogen and oxygen atoms in total. The van der Waals surface area contributed by atoms with Crippen molar-refractivity contribution < 1.29 is 18.0 Å². The van der Waals surface area contributed by atoms with Crippen molar-refractivity contribution in [2.75, 3.05) is 11.9 Å². The summed E-state index contributed by atoms with van der Waals surface area (Å²) in [6.45, 7) is 0.987. The highest BCUT2D eigenvalue weighted by atomic mass is 19.4. The van der Waals surface area contributed by atoms with Crippen LogP contribution in [0.3, 0.4) is 0 Å². The van der Waals surface area contributed by atoms with Crippen molar-refractivity contribution in [2.45, 2.75) is 13.1 Å². The number of hydrogen-bond donors (Lipinski definition) is 2. The average Bonchev–Trinajstić information content (AvgIpc) is 2.19. The molecule has 0 saturated heterocycles. The largest absolute Gasteiger partial charge is 0.433 e. The molecule has 1 amide bonds. The van der Waals surface area contributed by atoms with E-state index in [9.17, 15) is 18.0 Å². The van der Waals surface area contributed by atoms with E-state index >= 15 is 0 Å². The van der Waals surface area contributed by atoms with Gasteiger partial charge >= 0.3 is 6.18 Å². The van der Waals surface area contributed by atoms with E-state index in [1.807, 2.05) is 0 Å². The van der Waals surface area contributed by atoms with Crippen LogP contribution in [0, 0.1) is 6.92 Å². The van der Waals surface area contributed by atoms with Gasteiger partial charge in [-0.05, 0) is 18.6 Å². The smallest absolute Gasteiger partial charge is 0.322 e. The lowest BCUT2D eigenvalue weighted by molar-refractivity contribution is -0.141. The monoisotopic (exact) mass is 233 g/mol. The number of pyridine rings is 1. The van der Waals surface area contributed by atoms with Gasteiger partial charge in [-0.2, -0.15) is 13.2 Å². The Morgan fingerprint density at radius 2 is 2.12 bits per heavy atom. The molecule has 0 unspecified atom stereocenters. The molecule has 0 radical (unpaired) electrons. The van der Waals surface area contributed by atoms with Crippen molar-refractivity contribution >= 4 is 11.7 Å². The molecule has 1 heterocycles. The Balaban J connectivity index is 3.03. The predicted molar refractivity (Wildman–Crippen MR) is 51.7 cm³/mol. The van der Waals surface area contributed by atoms with Crippen LogP contribution in [-0.4, -0.2) is 17.4 Å². The third-order valence-corrected chi connectivity index (χ3v) is 1.82. The third kappa shape index (κ3) is 2.93. The number of halogens is 3. The number of anilines is 1. The van der Waals surface area contributed by atoms with Gasteiger partial charge < -0.3 is 11.1 Å². The second kappa shape index (κ2) is 4.48. The molecule has 0 aliphatic rings. The molecule has 3 N–H and O–H groups in total. The van der Waals surface area contributed by atoms with Crippen LogP contribution in [0.5, 0.6) is 0 Å². The van der Waals surface area contributed by atoms with Crippen molar-refractivity contribution in [3.63, 3.8) is 0 Å². The van der Waals surface area contributed by atoms with Gasteiger partial charge in [-0.1, -0.05) is 6.07 Å². The molecule has 0 aliphatic carbocycles. The highest BCUT2D eigenvalue weighted by Crippen LogP contribution is 2.30. The number of aromatic nitrogens is 1. The van der Waals surface area contributed by atoms with E-state index < -0.39 is 17.8 Å². The minimum absolute atomic E-state index is 0.00162. The SMILES string of the molecule is Cc1ccc(NC(=O)CN)nc1C(F)(F)F. The number of nitrogens with two attached hydrogens (primary N) is 1. The molecular formula is C9H10F3N3O. The second-order valence-corrected chi connectivity index (χ2v) is 3.11. The summed E-state index contributed by atoms with van der Waals surface area (Å²) in [4.78, 5) is 14.2. The van der Waals surface area contributed by atoms with Crippen LogP contribution >= 0.6 is 0 Å². The van der Waals surface area contributed by atoms with E-state index in [0.29, 0.717) is 0 Å². The molecule has 0 aliphatic heterocycles. The minimum atomic E-state index is -4.53. The summed E-state index contributed by atoms with van der Waals surface area (Å²) in [7, 11) is 0. The van der Waals surface area contributed by atoms with Gasteiger partial charge in [0.1, 0.15) is 11.5 Å². The minimum Gasteiger partial charge on any atom is -0.322 e. The average molecular weight is 233 g/mol. The van der Waals surface area contributed by atoms with Gasteiger partial charge in [0, 0.05) is 0 Å². The summed E-state index contributed by atoms with van der Waals surface area (Å²) >= 11 is 0. The predicted octanol–water partition coefficient (Wildman–Crippen LogP) is 1.31. The molecule has 0 fully saturated rings. The van der Waals surface area contributed by atoms with Gasteiger partial charge in [-0.3, -0.25) is 4.79 Å². The summed E-state index contributed by atoms with van der Waals surface area (Å²) < 4.78 is 37.3. The summed E-state index contributed by atoms with van der Waals surface area (Å²) in [5, 5.41) is 2.16. The first-order valence-electron chi connectivity index (χ1n) is 4.39. The summed E-state index contributed by atoms with van der Waals surface area (Å²) in [5.41, 5.74) is 4.00. The van der Waals surface area contributed by atoms with E-state index in [1.165, 1.54) is 19.1 Å². The molecule has 0 bridgehead atoms. The molecule has 7 heteroatoms. The van der Waals surface area contributed by atoms with E-state index in [1.54, 1.807) is 0 Å². The van der Waals surface area contributed by atoms with Gasteiger partial charge in [0.2, 0.25) is 5.91 Å². The number of rotatable bonds is 2. The molecule has 0 spiro atoms. The Morgan fingerprint density at radius 3 is 2.62 bits per heavy atom. The number of nitrogens with zero attached hydrogens (tertiary/aromatic N) is 1. The van der Waals surface area contributed by atoms with Crippen LogP contribution in [0.15, 0.2) is 12.1 Å². The molecule has 88 valence electrons. The van der Waals surface area contributed by atoms with Gasteiger partial charge in [-0.15, -0.1) is 0 Å². The van der Waals surface area contributed by atoms with Crippen molar-refractivity contribution in [3.05, 3.63) is 23.4 Å². The zero-order valence-electron chi connectivity index (χ0n) is 8.43. The van der Waals surface area contributed by atoms with Crippen LogP contribution < -0.4 is 11.1 Å². The maximum Gasteiger partial charge on any atom is 0.433 e. The number of carbonyl (C=O) groups excluding carboxylic acids is 1. The zero-order chi connectivity index (χ0) is 12.3. The number of nitrogens with one attached hydrogen (secondary N) is 1. The van der Waals surface area contributed by atoms with Crippen molar-refractivity contribution in [1.29, 1.82) is 0 Å². The topological polar surface area (TPSA) is 68.0 Å². The Morgan fingerprint density at radius 1 is 1.50 bits per heavy atom. The lowest BCUT2D eigenvalue weighted by atomic mass is 10.2. The van der Waals surface area contributed by atoms with Gasteiger partial charge in [0.05, 0.1) is 6.54 Å². The van der Waals surface area contributed by atoms with E-state index in [2.05, 4.69) is 10.3 Å². The fourth-order valence-electron chi connectivity index (χ4n) is 1.08. The fraction of sp³-hybridized carbons (Fsp3) is 0.333. The lowest BCUT2D eigenvalue weighted by Crippen LogP contribution is -2.23. The van der Waals surface area contributed by atoms with Crippen LogP contribution in [-0.2, 0) is 11.0 Å². The standard InChI is InChI=1S/C9H10F3N3O/c1-5-2-3-6(14-7(16)4-13)15-8(5)9(10,11)12/h2-3H,4,13H2,1H3,(H,14,15,16). The van der Waals surface area contributed by atoms with Gasteiger partial charge in [0.15, 0.2) is 0 Å². The number of aryl methyl sites for hydroxylation is 1. The molecule has 0 saturated carbocycles. The van der Waals surface area contributed by atoms with Crippen LogP contribution in [0.25, 0.3) is 0 Å². The highest BCUT2D eigenvalue weighted by molar-refractivity contribution is 5.91. The van der Waals surface area contributed by atoms with Crippen molar-refractivity contribution in [3.8, 4) is 0 Å². The first-order valence-corrected chi connectivity index (χ1v) is 4.39. The third-order valence-electron chi connectivity index (χ3n) is 1.82. The van der Waals surface area contributed by atoms with Crippen LogP contribution in [0.4, 0.5) is 19.0 Å². The number of hydrogen-bond acceptors (Lipinski definition) is 3. The zero-order valence-corrected chi connectivity index (χ0v) is 8.43. The Kier molecular flexibility index (Phi) is 3.48. The second-order valence-electron chi connectivity index (χ2n) is 3.11. The molecule has 1 rings (SSSR count). The number of carbonyl (C=O) groups is 1. The quantitative estimate of drug-likeness (QED) is 0.809. The van der Waals surface area contributed by atoms with Crippen molar-refractivity contribution in [2.24, 2.45) is 5.73 Å². The van der Waals surface area contributed by atoms with Gasteiger partial charge in [-0.25, -0.2) is 4.98 Å². The van der Waals surface area contributed by atoms with Crippen LogP contribution in [0.1, 0.15) is 11.3 Å².